The van der Waals surface area contributed by atoms with Gasteiger partial charge in [-0.25, -0.2) is 4.79 Å². The maximum Gasteiger partial charge on any atom is 0.323 e. The van der Waals surface area contributed by atoms with E-state index in [1.54, 1.807) is 12.1 Å². The van der Waals surface area contributed by atoms with Crippen LogP contribution in [0.2, 0.25) is 0 Å². The Hall–Kier alpha value is -1.94. The number of allylic oxidation sites excluding steroid dienone is 2. The predicted molar refractivity (Wildman–Crippen MR) is 75.1 cm³/mol. The molecule has 1 rings (SSSR count). The molecule has 0 saturated heterocycles. The molecule has 1 aromatic rings. The molecule has 0 heterocycles. The number of hydrogen-bond acceptors (Lipinski definition) is 2. The number of rotatable bonds is 4. The van der Waals surface area contributed by atoms with Crippen molar-refractivity contribution in [1.82, 2.24) is 5.32 Å². The number of anilines is 1. The maximum absolute atomic E-state index is 11.7. The first-order valence-electron chi connectivity index (χ1n) is 5.57. The number of para-hydroxylation sites is 1. The van der Waals surface area contributed by atoms with Crippen molar-refractivity contribution in [2.45, 2.75) is 13.3 Å². The van der Waals surface area contributed by atoms with E-state index in [4.69, 9.17) is 17.3 Å². The molecule has 0 saturated carbocycles. The summed E-state index contributed by atoms with van der Waals surface area (Å²) in [5, 5.41) is 5.49. The molecule has 0 fully saturated rings. The van der Waals surface area contributed by atoms with Crippen molar-refractivity contribution < 1.29 is 4.79 Å². The molecule has 0 aliphatic heterocycles. The molecule has 0 aromatic heterocycles. The van der Waals surface area contributed by atoms with Crippen LogP contribution in [0, 0.1) is 0 Å². The fourth-order valence-electron chi connectivity index (χ4n) is 1.33. The van der Waals surface area contributed by atoms with Crippen LogP contribution in [0.5, 0.6) is 0 Å². The summed E-state index contributed by atoms with van der Waals surface area (Å²) in [6, 6.07) is 8.82. The van der Waals surface area contributed by atoms with Crippen LogP contribution >= 0.6 is 11.6 Å². The van der Waals surface area contributed by atoms with Crippen molar-refractivity contribution in [3.05, 3.63) is 53.3 Å². The Morgan fingerprint density at radius 1 is 1.39 bits per heavy atom. The minimum Gasteiger partial charge on any atom is -0.389 e. The van der Waals surface area contributed by atoms with Gasteiger partial charge in [0.25, 0.3) is 0 Å². The van der Waals surface area contributed by atoms with Crippen molar-refractivity contribution >= 4 is 23.3 Å². The van der Waals surface area contributed by atoms with Gasteiger partial charge >= 0.3 is 6.03 Å². The summed E-state index contributed by atoms with van der Waals surface area (Å²) in [6.07, 6.45) is 4.08. The first-order chi connectivity index (χ1) is 8.61. The van der Waals surface area contributed by atoms with Crippen LogP contribution < -0.4 is 16.4 Å². The largest absolute Gasteiger partial charge is 0.389 e. The van der Waals surface area contributed by atoms with Gasteiger partial charge in [-0.2, -0.15) is 0 Å². The second-order valence-electron chi connectivity index (χ2n) is 3.54. The van der Waals surface area contributed by atoms with E-state index in [1.165, 1.54) is 6.08 Å². The highest BCUT2D eigenvalue weighted by molar-refractivity contribution is 6.29. The van der Waals surface area contributed by atoms with E-state index in [1.807, 2.05) is 31.2 Å². The SMILES string of the molecule is CC/C=C(\C=C(/N)Cl)NC(=O)Nc1ccccc1. The van der Waals surface area contributed by atoms with E-state index >= 15 is 0 Å². The molecule has 0 spiro atoms. The molecular weight excluding hydrogens is 250 g/mol. The van der Waals surface area contributed by atoms with Gasteiger partial charge < -0.3 is 16.4 Å². The molecule has 96 valence electrons. The number of benzene rings is 1. The first-order valence-corrected chi connectivity index (χ1v) is 5.95. The predicted octanol–water partition coefficient (Wildman–Crippen LogP) is 3.14. The molecule has 4 nitrogen and oxygen atoms in total. The standard InChI is InChI=1S/C13H16ClN3O/c1-2-6-11(9-12(14)15)17-13(18)16-10-7-4-3-5-8-10/h3-9H,2,15H2,1H3,(H2,16,17,18)/b11-6+,12-9-. The molecule has 18 heavy (non-hydrogen) atoms. The second-order valence-corrected chi connectivity index (χ2v) is 3.98. The summed E-state index contributed by atoms with van der Waals surface area (Å²) in [4.78, 5) is 11.7. The van der Waals surface area contributed by atoms with E-state index < -0.39 is 0 Å². The van der Waals surface area contributed by atoms with E-state index in [2.05, 4.69) is 10.6 Å². The third-order valence-electron chi connectivity index (χ3n) is 2.01. The number of carbonyl (C=O) groups excluding carboxylic acids is 1. The Kier molecular flexibility index (Phi) is 5.80. The number of nitrogens with one attached hydrogen (secondary N) is 2. The number of nitrogens with two attached hydrogens (primary N) is 1. The third-order valence-corrected chi connectivity index (χ3v) is 2.12. The van der Waals surface area contributed by atoms with E-state index in [0.29, 0.717) is 11.4 Å². The van der Waals surface area contributed by atoms with Crippen LogP contribution in [-0.2, 0) is 0 Å². The van der Waals surface area contributed by atoms with Crippen molar-refractivity contribution in [3.8, 4) is 0 Å². The molecule has 0 radical (unpaired) electrons. The normalized spacial score (nSPS) is 12.1. The molecule has 2 amide bonds. The fraction of sp³-hybridized carbons (Fsp3) is 0.154. The summed E-state index contributed by atoms with van der Waals surface area (Å²) in [7, 11) is 0. The molecule has 0 atom stereocenters. The van der Waals surface area contributed by atoms with Crippen LogP contribution in [0.25, 0.3) is 0 Å². The van der Waals surface area contributed by atoms with Gasteiger partial charge in [0.15, 0.2) is 0 Å². The highest BCUT2D eigenvalue weighted by Crippen LogP contribution is 2.06. The zero-order valence-corrected chi connectivity index (χ0v) is 10.9. The van der Waals surface area contributed by atoms with Crippen molar-refractivity contribution in [2.75, 3.05) is 5.32 Å². The Bertz CT molecular complexity index is 451. The minimum atomic E-state index is -0.338. The van der Waals surface area contributed by atoms with Gasteiger partial charge in [0.05, 0.1) is 0 Å². The van der Waals surface area contributed by atoms with Crippen molar-refractivity contribution in [1.29, 1.82) is 0 Å². The van der Waals surface area contributed by atoms with Crippen molar-refractivity contribution in [2.24, 2.45) is 5.73 Å². The Balaban J connectivity index is 2.63. The highest BCUT2D eigenvalue weighted by atomic mass is 35.5. The summed E-state index contributed by atoms with van der Waals surface area (Å²) >= 11 is 5.58. The fourth-order valence-corrected chi connectivity index (χ4v) is 1.45. The Morgan fingerprint density at radius 3 is 2.61 bits per heavy atom. The van der Waals surface area contributed by atoms with Crippen LogP contribution in [0.1, 0.15) is 13.3 Å². The Morgan fingerprint density at radius 2 is 2.06 bits per heavy atom. The monoisotopic (exact) mass is 265 g/mol. The number of hydrogen-bond donors (Lipinski definition) is 3. The minimum absolute atomic E-state index is 0.120. The molecule has 0 aliphatic carbocycles. The number of halogens is 1. The van der Waals surface area contributed by atoms with Crippen LogP contribution in [-0.4, -0.2) is 6.03 Å². The van der Waals surface area contributed by atoms with Gasteiger partial charge in [-0.15, -0.1) is 0 Å². The maximum atomic E-state index is 11.7. The van der Waals surface area contributed by atoms with E-state index in [0.717, 1.165) is 6.42 Å². The van der Waals surface area contributed by atoms with Gasteiger partial charge in [0.2, 0.25) is 0 Å². The lowest BCUT2D eigenvalue weighted by molar-refractivity contribution is 0.254. The molecular formula is C13H16ClN3O. The third kappa shape index (κ3) is 5.41. The smallest absolute Gasteiger partial charge is 0.323 e. The molecule has 1 aromatic carbocycles. The van der Waals surface area contributed by atoms with Crippen molar-refractivity contribution in [3.63, 3.8) is 0 Å². The number of carbonyl (C=O) groups is 1. The average Bonchev–Trinajstić information content (AvgIpc) is 2.29. The van der Waals surface area contributed by atoms with Crippen LogP contribution in [0.4, 0.5) is 10.5 Å². The second kappa shape index (κ2) is 7.40. The topological polar surface area (TPSA) is 67.1 Å². The number of amides is 2. The zero-order valence-electron chi connectivity index (χ0n) is 10.1. The summed E-state index contributed by atoms with van der Waals surface area (Å²) < 4.78 is 0. The average molecular weight is 266 g/mol. The molecule has 5 heteroatoms. The summed E-state index contributed by atoms with van der Waals surface area (Å²) in [6.45, 7) is 1.95. The Labute approximate surface area is 112 Å². The number of urea groups is 1. The summed E-state index contributed by atoms with van der Waals surface area (Å²) in [5.41, 5.74) is 6.65. The lowest BCUT2D eigenvalue weighted by Crippen LogP contribution is -2.27. The highest BCUT2D eigenvalue weighted by Gasteiger charge is 2.02. The lowest BCUT2D eigenvalue weighted by Gasteiger charge is -2.08. The quantitative estimate of drug-likeness (QED) is 0.578. The van der Waals surface area contributed by atoms with Crippen LogP contribution in [0.3, 0.4) is 0 Å². The zero-order chi connectivity index (χ0) is 13.4. The molecule has 0 bridgehead atoms. The van der Waals surface area contributed by atoms with E-state index in [9.17, 15) is 4.79 Å². The van der Waals surface area contributed by atoms with Gasteiger partial charge in [0.1, 0.15) is 5.16 Å². The van der Waals surface area contributed by atoms with Gasteiger partial charge in [0, 0.05) is 11.4 Å². The first kappa shape index (κ1) is 14.1. The summed E-state index contributed by atoms with van der Waals surface area (Å²) in [5.74, 6) is 0. The molecule has 0 aliphatic rings. The van der Waals surface area contributed by atoms with Gasteiger partial charge in [-0.1, -0.05) is 42.8 Å². The van der Waals surface area contributed by atoms with Crippen LogP contribution in [0.15, 0.2) is 53.3 Å². The lowest BCUT2D eigenvalue weighted by atomic mass is 10.3. The molecule has 4 N–H and O–H groups in total. The van der Waals surface area contributed by atoms with E-state index in [-0.39, 0.29) is 11.2 Å². The van der Waals surface area contributed by atoms with Gasteiger partial charge in [-0.05, 0) is 24.6 Å². The van der Waals surface area contributed by atoms with Gasteiger partial charge in [-0.3, -0.25) is 0 Å². The molecule has 0 unspecified atom stereocenters.